The van der Waals surface area contributed by atoms with Crippen LogP contribution in [0.1, 0.15) is 24.2 Å². The molecule has 0 spiro atoms. The lowest BCUT2D eigenvalue weighted by atomic mass is 10.1. The molecule has 1 N–H and O–H groups in total. The lowest BCUT2D eigenvalue weighted by molar-refractivity contribution is -0.112. The normalized spacial score (nSPS) is 26.3. The van der Waals surface area contributed by atoms with Crippen LogP contribution in [-0.2, 0) is 9.53 Å². The first-order valence-corrected chi connectivity index (χ1v) is 6.44. The van der Waals surface area contributed by atoms with Crippen molar-refractivity contribution in [2.45, 2.75) is 26.1 Å². The topological polar surface area (TPSA) is 58.6 Å². The Kier molecular flexibility index (Phi) is 2.78. The lowest BCUT2D eigenvalue weighted by Crippen LogP contribution is -2.45. The van der Waals surface area contributed by atoms with Crippen molar-refractivity contribution in [1.29, 1.82) is 0 Å². The maximum atomic E-state index is 11.5. The zero-order chi connectivity index (χ0) is 13.6. The summed E-state index contributed by atoms with van der Waals surface area (Å²) in [6.07, 6.45) is 0.349. The Morgan fingerprint density at radius 3 is 2.58 bits per heavy atom. The predicted molar refractivity (Wildman–Crippen MR) is 71.6 cm³/mol. The molecule has 2 unspecified atom stereocenters. The van der Waals surface area contributed by atoms with Crippen molar-refractivity contribution in [2.24, 2.45) is 0 Å². The molecule has 5 heteroatoms. The zero-order valence-corrected chi connectivity index (χ0v) is 11.0. The number of ketones is 1. The number of ether oxygens (including phenoxy) is 1. The predicted octanol–water partition coefficient (Wildman–Crippen LogP) is 1.44. The SMILES string of the molecule is CC1CN(c2ccc3c(c2)NC(=O)C3=O)CC(C)O1. The molecule has 2 aliphatic heterocycles. The van der Waals surface area contributed by atoms with Crippen molar-refractivity contribution in [2.75, 3.05) is 23.3 Å². The molecule has 100 valence electrons. The van der Waals surface area contributed by atoms with Crippen LogP contribution in [0.2, 0.25) is 0 Å². The van der Waals surface area contributed by atoms with E-state index in [0.717, 1.165) is 18.8 Å². The van der Waals surface area contributed by atoms with Gasteiger partial charge >= 0.3 is 0 Å². The lowest BCUT2D eigenvalue weighted by Gasteiger charge is -2.37. The van der Waals surface area contributed by atoms with E-state index in [-0.39, 0.29) is 12.2 Å². The van der Waals surface area contributed by atoms with Crippen molar-refractivity contribution < 1.29 is 14.3 Å². The molecule has 1 saturated heterocycles. The summed E-state index contributed by atoms with van der Waals surface area (Å²) >= 11 is 0. The van der Waals surface area contributed by atoms with Crippen LogP contribution in [0.4, 0.5) is 11.4 Å². The van der Waals surface area contributed by atoms with Gasteiger partial charge < -0.3 is 15.0 Å². The number of fused-ring (bicyclic) bond motifs is 1. The third kappa shape index (κ3) is 2.10. The van der Waals surface area contributed by atoms with Gasteiger partial charge in [-0.25, -0.2) is 0 Å². The molecule has 2 aliphatic rings. The van der Waals surface area contributed by atoms with E-state index in [0.29, 0.717) is 11.3 Å². The Labute approximate surface area is 111 Å². The first-order valence-electron chi connectivity index (χ1n) is 6.44. The van der Waals surface area contributed by atoms with Crippen LogP contribution in [0, 0.1) is 0 Å². The van der Waals surface area contributed by atoms with E-state index in [1.165, 1.54) is 0 Å². The van der Waals surface area contributed by atoms with Crippen LogP contribution in [0.15, 0.2) is 18.2 Å². The Hall–Kier alpha value is -1.88. The number of carbonyl (C=O) groups excluding carboxylic acids is 2. The fourth-order valence-corrected chi connectivity index (χ4v) is 2.72. The van der Waals surface area contributed by atoms with Crippen LogP contribution >= 0.6 is 0 Å². The van der Waals surface area contributed by atoms with E-state index in [2.05, 4.69) is 10.2 Å². The van der Waals surface area contributed by atoms with Crippen LogP contribution in [-0.4, -0.2) is 37.0 Å². The van der Waals surface area contributed by atoms with Gasteiger partial charge in [-0.1, -0.05) is 0 Å². The summed E-state index contributed by atoms with van der Waals surface area (Å²) < 4.78 is 5.70. The minimum Gasteiger partial charge on any atom is -0.372 e. The minimum absolute atomic E-state index is 0.174. The number of carbonyl (C=O) groups is 2. The number of rotatable bonds is 1. The van der Waals surface area contributed by atoms with Crippen LogP contribution in [0.3, 0.4) is 0 Å². The Morgan fingerprint density at radius 2 is 1.89 bits per heavy atom. The molecular formula is C14H16N2O3. The monoisotopic (exact) mass is 260 g/mol. The summed E-state index contributed by atoms with van der Waals surface area (Å²) in [7, 11) is 0. The molecule has 0 radical (unpaired) electrons. The van der Waals surface area contributed by atoms with E-state index in [4.69, 9.17) is 4.74 Å². The third-order valence-corrected chi connectivity index (χ3v) is 3.49. The van der Waals surface area contributed by atoms with Crippen molar-refractivity contribution in [3.05, 3.63) is 23.8 Å². The molecule has 0 saturated carbocycles. The number of morpholine rings is 1. The molecular weight excluding hydrogens is 244 g/mol. The van der Waals surface area contributed by atoms with Crippen molar-refractivity contribution in [3.8, 4) is 0 Å². The molecule has 1 aromatic rings. The van der Waals surface area contributed by atoms with E-state index in [1.807, 2.05) is 26.0 Å². The third-order valence-electron chi connectivity index (χ3n) is 3.49. The van der Waals surface area contributed by atoms with Crippen LogP contribution in [0.5, 0.6) is 0 Å². The number of nitrogens with one attached hydrogen (secondary N) is 1. The first kappa shape index (κ1) is 12.2. The van der Waals surface area contributed by atoms with Gasteiger partial charge in [0.2, 0.25) is 0 Å². The van der Waals surface area contributed by atoms with Crippen molar-refractivity contribution >= 4 is 23.1 Å². The molecule has 2 heterocycles. The zero-order valence-electron chi connectivity index (χ0n) is 11.0. The summed E-state index contributed by atoms with van der Waals surface area (Å²) in [5.74, 6) is -0.999. The molecule has 2 atom stereocenters. The molecule has 19 heavy (non-hydrogen) atoms. The molecule has 5 nitrogen and oxygen atoms in total. The molecule has 1 aromatic carbocycles. The van der Waals surface area contributed by atoms with Crippen molar-refractivity contribution in [3.63, 3.8) is 0 Å². The van der Waals surface area contributed by atoms with Gasteiger partial charge in [-0.15, -0.1) is 0 Å². The highest BCUT2D eigenvalue weighted by Gasteiger charge is 2.29. The summed E-state index contributed by atoms with van der Waals surface area (Å²) in [4.78, 5) is 25.1. The van der Waals surface area contributed by atoms with Gasteiger partial charge in [-0.05, 0) is 32.0 Å². The fourth-order valence-electron chi connectivity index (χ4n) is 2.72. The number of Topliss-reactive ketones (excluding diaryl/α,β-unsaturated/α-hetero) is 1. The van der Waals surface area contributed by atoms with Crippen molar-refractivity contribution in [1.82, 2.24) is 0 Å². The summed E-state index contributed by atoms with van der Waals surface area (Å²) in [5, 5.41) is 2.60. The van der Waals surface area contributed by atoms with E-state index in [1.54, 1.807) is 6.07 Å². The smallest absolute Gasteiger partial charge is 0.296 e. The Bertz CT molecular complexity index is 546. The summed E-state index contributed by atoms with van der Waals surface area (Å²) in [6, 6.07) is 5.47. The second-order valence-electron chi connectivity index (χ2n) is 5.18. The fraction of sp³-hybridized carbons (Fsp3) is 0.429. The molecule has 3 rings (SSSR count). The minimum atomic E-state index is -0.545. The van der Waals surface area contributed by atoms with Gasteiger partial charge in [-0.3, -0.25) is 9.59 Å². The number of nitrogens with zero attached hydrogens (tertiary/aromatic N) is 1. The second kappa shape index (κ2) is 4.35. The van der Waals surface area contributed by atoms with Gasteiger partial charge in [0.05, 0.1) is 23.5 Å². The van der Waals surface area contributed by atoms with Gasteiger partial charge in [0.15, 0.2) is 0 Å². The van der Waals surface area contributed by atoms with Gasteiger partial charge in [-0.2, -0.15) is 0 Å². The summed E-state index contributed by atoms with van der Waals surface area (Å²) in [5.41, 5.74) is 2.08. The average Bonchev–Trinajstić information content (AvgIpc) is 2.63. The second-order valence-corrected chi connectivity index (χ2v) is 5.18. The van der Waals surface area contributed by atoms with Gasteiger partial charge in [0.1, 0.15) is 0 Å². The number of anilines is 2. The van der Waals surface area contributed by atoms with E-state index < -0.39 is 11.7 Å². The highest BCUT2D eigenvalue weighted by Crippen LogP contribution is 2.29. The Morgan fingerprint density at radius 1 is 1.21 bits per heavy atom. The summed E-state index contributed by atoms with van der Waals surface area (Å²) in [6.45, 7) is 5.71. The molecule has 0 aliphatic carbocycles. The maximum absolute atomic E-state index is 11.5. The largest absolute Gasteiger partial charge is 0.372 e. The van der Waals surface area contributed by atoms with Crippen LogP contribution < -0.4 is 10.2 Å². The number of hydrogen-bond donors (Lipinski definition) is 1. The average molecular weight is 260 g/mol. The highest BCUT2D eigenvalue weighted by atomic mass is 16.5. The number of amides is 1. The molecule has 0 bridgehead atoms. The van der Waals surface area contributed by atoms with Crippen LogP contribution in [0.25, 0.3) is 0 Å². The van der Waals surface area contributed by atoms with E-state index in [9.17, 15) is 9.59 Å². The standard InChI is InChI=1S/C14H16N2O3/c1-8-6-16(7-9(2)19-8)10-3-4-11-12(5-10)15-14(18)13(11)17/h3-5,8-9H,6-7H2,1-2H3,(H,15,17,18). The van der Waals surface area contributed by atoms with Gasteiger partial charge in [0, 0.05) is 18.8 Å². The molecule has 1 fully saturated rings. The molecule has 1 amide bonds. The number of hydrogen-bond acceptors (Lipinski definition) is 4. The quantitative estimate of drug-likeness (QED) is 0.776. The molecule has 0 aromatic heterocycles. The van der Waals surface area contributed by atoms with Gasteiger partial charge in [0.25, 0.3) is 11.7 Å². The first-order chi connectivity index (χ1) is 9.04. The van der Waals surface area contributed by atoms with E-state index >= 15 is 0 Å². The highest BCUT2D eigenvalue weighted by molar-refractivity contribution is 6.51. The Balaban J connectivity index is 1.89. The number of benzene rings is 1. The maximum Gasteiger partial charge on any atom is 0.296 e.